The largest absolute Gasteiger partial charge is 0.353 e. The number of fused-ring (bicyclic) bond motifs is 1. The Labute approximate surface area is 141 Å². The molecule has 1 amide bonds. The van der Waals surface area contributed by atoms with Crippen LogP contribution in [0.15, 0.2) is 33.6 Å². The first-order valence-corrected chi connectivity index (χ1v) is 9.91. The molecule has 0 unspecified atom stereocenters. The molecule has 0 aromatic heterocycles. The van der Waals surface area contributed by atoms with Gasteiger partial charge >= 0.3 is 0 Å². The number of carbonyl (C=O) groups excluding carboxylic acids is 1. The number of nitrogens with zero attached hydrogens (tertiary/aromatic N) is 2. The first kappa shape index (κ1) is 17.8. The Hall–Kier alpha value is -1.54. The molecule has 6 nitrogen and oxygen atoms in total. The standard InChI is InChI=1S/C15H21N3O3S2/c1-4-9-18-12-7-5-6-8-13(12)23(20,21)17-15(18)22-10-14(19)16-11(2)3/h5-8,11H,4,9-10H2,1-3H3,(H,16,19). The van der Waals surface area contributed by atoms with Crippen LogP contribution in [0.4, 0.5) is 5.69 Å². The Morgan fingerprint density at radius 1 is 1.35 bits per heavy atom. The van der Waals surface area contributed by atoms with Crippen molar-refractivity contribution in [2.45, 2.75) is 38.1 Å². The monoisotopic (exact) mass is 355 g/mol. The zero-order valence-corrected chi connectivity index (χ0v) is 15.1. The Bertz CT molecular complexity index is 714. The van der Waals surface area contributed by atoms with Crippen molar-refractivity contribution in [3.63, 3.8) is 0 Å². The number of benzene rings is 1. The van der Waals surface area contributed by atoms with Gasteiger partial charge in [-0.2, -0.15) is 8.42 Å². The highest BCUT2D eigenvalue weighted by Gasteiger charge is 2.30. The quantitative estimate of drug-likeness (QED) is 0.876. The second-order valence-electron chi connectivity index (χ2n) is 5.48. The third kappa shape index (κ3) is 4.26. The summed E-state index contributed by atoms with van der Waals surface area (Å²) in [7, 11) is -3.72. The number of hydrogen-bond acceptors (Lipinski definition) is 5. The van der Waals surface area contributed by atoms with Gasteiger partial charge in [0.05, 0.1) is 11.4 Å². The zero-order chi connectivity index (χ0) is 17.0. The molecular formula is C15H21N3O3S2. The number of nitrogens with one attached hydrogen (secondary N) is 1. The first-order chi connectivity index (χ1) is 10.8. The number of anilines is 1. The molecule has 0 aliphatic carbocycles. The predicted molar refractivity (Wildman–Crippen MR) is 94.4 cm³/mol. The summed E-state index contributed by atoms with van der Waals surface area (Å²) < 4.78 is 28.6. The highest BCUT2D eigenvalue weighted by Crippen LogP contribution is 2.34. The van der Waals surface area contributed by atoms with Crippen molar-refractivity contribution < 1.29 is 13.2 Å². The predicted octanol–water partition coefficient (Wildman–Crippen LogP) is 2.22. The minimum atomic E-state index is -3.72. The maximum absolute atomic E-state index is 12.3. The van der Waals surface area contributed by atoms with Gasteiger partial charge in [0.25, 0.3) is 10.0 Å². The van der Waals surface area contributed by atoms with E-state index in [9.17, 15) is 13.2 Å². The summed E-state index contributed by atoms with van der Waals surface area (Å²) in [6, 6.07) is 6.86. The average molecular weight is 355 g/mol. The van der Waals surface area contributed by atoms with Crippen molar-refractivity contribution in [1.82, 2.24) is 5.32 Å². The molecule has 1 N–H and O–H groups in total. The van der Waals surface area contributed by atoms with Gasteiger partial charge in [0.2, 0.25) is 5.91 Å². The highest BCUT2D eigenvalue weighted by molar-refractivity contribution is 8.15. The van der Waals surface area contributed by atoms with E-state index in [-0.39, 0.29) is 22.6 Å². The molecule has 0 fully saturated rings. The maximum atomic E-state index is 12.3. The Balaban J connectivity index is 2.27. The summed E-state index contributed by atoms with van der Waals surface area (Å²) in [4.78, 5) is 13.9. The van der Waals surface area contributed by atoms with Gasteiger partial charge in [-0.3, -0.25) is 4.79 Å². The fraction of sp³-hybridized carbons (Fsp3) is 0.467. The van der Waals surface area contributed by atoms with Crippen molar-refractivity contribution in [3.8, 4) is 0 Å². The summed E-state index contributed by atoms with van der Waals surface area (Å²) in [5.74, 6) is -0.00467. The number of thioether (sulfide) groups is 1. The molecule has 1 aromatic carbocycles. The van der Waals surface area contributed by atoms with Gasteiger partial charge in [-0.1, -0.05) is 30.8 Å². The summed E-state index contributed by atoms with van der Waals surface area (Å²) >= 11 is 1.15. The van der Waals surface area contributed by atoms with Crippen molar-refractivity contribution in [1.29, 1.82) is 0 Å². The molecule has 1 aliphatic heterocycles. The lowest BCUT2D eigenvalue weighted by Gasteiger charge is -2.29. The topological polar surface area (TPSA) is 78.8 Å². The minimum absolute atomic E-state index is 0.0487. The summed E-state index contributed by atoms with van der Waals surface area (Å²) in [6.45, 7) is 6.42. The van der Waals surface area contributed by atoms with Gasteiger partial charge in [0.15, 0.2) is 5.17 Å². The van der Waals surface area contributed by atoms with Crippen LogP contribution in [0.1, 0.15) is 27.2 Å². The number of para-hydroxylation sites is 1. The van der Waals surface area contributed by atoms with Crippen LogP contribution in [0.3, 0.4) is 0 Å². The van der Waals surface area contributed by atoms with Crippen molar-refractivity contribution >= 4 is 38.5 Å². The fourth-order valence-electron chi connectivity index (χ4n) is 2.24. The van der Waals surface area contributed by atoms with Gasteiger partial charge in [-0.15, -0.1) is 4.40 Å². The number of amidine groups is 1. The molecule has 0 spiro atoms. The van der Waals surface area contributed by atoms with E-state index in [4.69, 9.17) is 0 Å². The number of rotatable bonds is 5. The van der Waals surface area contributed by atoms with E-state index < -0.39 is 10.0 Å². The van der Waals surface area contributed by atoms with E-state index in [1.54, 1.807) is 24.3 Å². The molecule has 1 aliphatic rings. The summed E-state index contributed by atoms with van der Waals surface area (Å²) in [6.07, 6.45) is 0.839. The van der Waals surface area contributed by atoms with Crippen molar-refractivity contribution in [2.75, 3.05) is 17.2 Å². The highest BCUT2D eigenvalue weighted by atomic mass is 32.2. The van der Waals surface area contributed by atoms with E-state index in [0.29, 0.717) is 17.4 Å². The van der Waals surface area contributed by atoms with Crippen molar-refractivity contribution in [3.05, 3.63) is 24.3 Å². The smallest absolute Gasteiger partial charge is 0.286 e. The van der Waals surface area contributed by atoms with Crippen LogP contribution >= 0.6 is 11.8 Å². The molecule has 1 heterocycles. The molecule has 1 aromatic rings. The molecule has 0 saturated heterocycles. The fourth-order valence-corrected chi connectivity index (χ4v) is 4.53. The van der Waals surface area contributed by atoms with E-state index >= 15 is 0 Å². The van der Waals surface area contributed by atoms with Crippen LogP contribution in [0, 0.1) is 0 Å². The second-order valence-corrected chi connectivity index (χ2v) is 7.99. The molecule has 0 saturated carbocycles. The number of amides is 1. The van der Waals surface area contributed by atoms with Crippen LogP contribution in [-0.4, -0.2) is 37.8 Å². The molecule has 2 rings (SSSR count). The Kier molecular flexibility index (Phi) is 5.69. The number of hydrogen-bond donors (Lipinski definition) is 1. The van der Waals surface area contributed by atoms with Gasteiger partial charge < -0.3 is 10.2 Å². The molecule has 0 atom stereocenters. The Morgan fingerprint density at radius 2 is 2.04 bits per heavy atom. The SMILES string of the molecule is CCCN1C(SCC(=O)NC(C)C)=NS(=O)(=O)c2ccccc21. The molecule has 126 valence electrons. The van der Waals surface area contributed by atoms with E-state index in [1.807, 2.05) is 25.7 Å². The molecular weight excluding hydrogens is 334 g/mol. The van der Waals surface area contributed by atoms with Crippen LogP contribution in [0.2, 0.25) is 0 Å². The van der Waals surface area contributed by atoms with Crippen LogP contribution in [0.5, 0.6) is 0 Å². The number of carbonyl (C=O) groups is 1. The van der Waals surface area contributed by atoms with E-state index in [0.717, 1.165) is 18.2 Å². The molecule has 8 heteroatoms. The summed E-state index contributed by atoms with van der Waals surface area (Å²) in [5.41, 5.74) is 0.621. The lowest BCUT2D eigenvalue weighted by Crippen LogP contribution is -2.37. The summed E-state index contributed by atoms with van der Waals surface area (Å²) in [5, 5.41) is 3.14. The first-order valence-electron chi connectivity index (χ1n) is 7.49. The molecule has 0 radical (unpaired) electrons. The Morgan fingerprint density at radius 3 is 2.70 bits per heavy atom. The third-order valence-electron chi connectivity index (χ3n) is 3.09. The number of sulfonamides is 1. The van der Waals surface area contributed by atoms with Gasteiger partial charge in [-0.25, -0.2) is 0 Å². The second kappa shape index (κ2) is 7.35. The zero-order valence-electron chi connectivity index (χ0n) is 13.4. The lowest BCUT2D eigenvalue weighted by atomic mass is 10.3. The van der Waals surface area contributed by atoms with Crippen LogP contribution in [-0.2, 0) is 14.8 Å². The van der Waals surface area contributed by atoms with Crippen LogP contribution in [0.25, 0.3) is 0 Å². The molecule has 23 heavy (non-hydrogen) atoms. The average Bonchev–Trinajstić information content (AvgIpc) is 2.48. The minimum Gasteiger partial charge on any atom is -0.353 e. The van der Waals surface area contributed by atoms with Gasteiger partial charge in [-0.05, 0) is 32.4 Å². The maximum Gasteiger partial charge on any atom is 0.286 e. The van der Waals surface area contributed by atoms with Crippen molar-refractivity contribution in [2.24, 2.45) is 4.40 Å². The third-order valence-corrected chi connectivity index (χ3v) is 5.50. The van der Waals surface area contributed by atoms with Gasteiger partial charge in [0.1, 0.15) is 4.90 Å². The van der Waals surface area contributed by atoms with E-state index in [1.165, 1.54) is 0 Å². The molecule has 0 bridgehead atoms. The van der Waals surface area contributed by atoms with Gasteiger partial charge in [0, 0.05) is 12.6 Å². The normalized spacial score (nSPS) is 16.0. The lowest BCUT2D eigenvalue weighted by molar-refractivity contribution is -0.119. The van der Waals surface area contributed by atoms with Crippen LogP contribution < -0.4 is 10.2 Å². The van der Waals surface area contributed by atoms with E-state index in [2.05, 4.69) is 9.71 Å².